The van der Waals surface area contributed by atoms with Gasteiger partial charge in [-0.1, -0.05) is 28.8 Å². The number of carboxylic acid groups (broad SMARTS) is 1. The lowest BCUT2D eigenvalue weighted by atomic mass is 9.87. The maximum Gasteiger partial charge on any atom is 0.310 e. The molecule has 0 saturated heterocycles. The fourth-order valence-electron chi connectivity index (χ4n) is 2.45. The number of nitrogens with one attached hydrogen (secondary N) is 1. The molecule has 7 heteroatoms. The lowest BCUT2D eigenvalue weighted by Crippen LogP contribution is -2.41. The van der Waals surface area contributed by atoms with E-state index in [0.29, 0.717) is 12.8 Å². The van der Waals surface area contributed by atoms with E-state index >= 15 is 0 Å². The van der Waals surface area contributed by atoms with Crippen molar-refractivity contribution >= 4 is 31.9 Å². The molecule has 1 aliphatic carbocycles. The number of sulfonamides is 1. The lowest BCUT2D eigenvalue weighted by Gasteiger charge is -2.23. The van der Waals surface area contributed by atoms with Crippen molar-refractivity contribution in [1.29, 1.82) is 0 Å². The van der Waals surface area contributed by atoms with E-state index in [0.717, 1.165) is 17.3 Å². The Hall–Kier alpha value is -0.920. The molecule has 0 aliphatic heterocycles. The van der Waals surface area contributed by atoms with Crippen molar-refractivity contribution in [3.8, 4) is 0 Å². The molecule has 20 heavy (non-hydrogen) atoms. The Bertz CT molecular complexity index is 591. The first-order valence-electron chi connectivity index (χ1n) is 6.34. The molecule has 110 valence electrons. The zero-order valence-corrected chi connectivity index (χ0v) is 13.2. The Balaban J connectivity index is 2.13. The zero-order chi connectivity index (χ0) is 14.8. The normalized spacial score (nSPS) is 18.1. The van der Waals surface area contributed by atoms with Gasteiger partial charge < -0.3 is 5.11 Å². The van der Waals surface area contributed by atoms with Crippen LogP contribution in [0.2, 0.25) is 0 Å². The minimum atomic E-state index is -3.67. The van der Waals surface area contributed by atoms with Crippen LogP contribution in [-0.4, -0.2) is 26.0 Å². The summed E-state index contributed by atoms with van der Waals surface area (Å²) in [4.78, 5) is 11.5. The van der Waals surface area contributed by atoms with Gasteiger partial charge in [-0.05, 0) is 37.1 Å². The molecule has 1 saturated carbocycles. The van der Waals surface area contributed by atoms with Crippen LogP contribution in [0.5, 0.6) is 0 Å². The van der Waals surface area contributed by atoms with Gasteiger partial charge in [0.2, 0.25) is 10.0 Å². The van der Waals surface area contributed by atoms with Gasteiger partial charge in [0.25, 0.3) is 0 Å². The van der Waals surface area contributed by atoms with E-state index in [4.69, 9.17) is 0 Å². The van der Waals surface area contributed by atoms with Crippen LogP contribution in [0.1, 0.15) is 25.7 Å². The molecule has 5 nitrogen and oxygen atoms in total. The first-order chi connectivity index (χ1) is 9.36. The van der Waals surface area contributed by atoms with Crippen molar-refractivity contribution < 1.29 is 18.3 Å². The summed E-state index contributed by atoms with van der Waals surface area (Å²) in [5, 5.41) is 9.33. The molecule has 0 bridgehead atoms. The summed E-state index contributed by atoms with van der Waals surface area (Å²) in [5.74, 6) is -0.923. The van der Waals surface area contributed by atoms with Crippen LogP contribution >= 0.6 is 15.9 Å². The van der Waals surface area contributed by atoms with E-state index in [1.54, 1.807) is 12.1 Å². The van der Waals surface area contributed by atoms with Gasteiger partial charge in [-0.25, -0.2) is 13.1 Å². The van der Waals surface area contributed by atoms with E-state index in [-0.39, 0.29) is 11.4 Å². The van der Waals surface area contributed by atoms with Crippen molar-refractivity contribution in [3.63, 3.8) is 0 Å². The summed E-state index contributed by atoms with van der Waals surface area (Å²) in [7, 11) is -3.67. The largest absolute Gasteiger partial charge is 0.481 e. The molecule has 1 aromatic carbocycles. The van der Waals surface area contributed by atoms with E-state index in [9.17, 15) is 18.3 Å². The van der Waals surface area contributed by atoms with Gasteiger partial charge in [0.1, 0.15) is 0 Å². The highest BCUT2D eigenvalue weighted by Gasteiger charge is 2.42. The third-order valence-electron chi connectivity index (χ3n) is 3.74. The molecule has 0 aromatic heterocycles. The predicted octanol–water partition coefficient (Wildman–Crippen LogP) is 2.37. The van der Waals surface area contributed by atoms with Gasteiger partial charge in [-0.15, -0.1) is 0 Å². The van der Waals surface area contributed by atoms with Gasteiger partial charge in [-0.2, -0.15) is 0 Å². The smallest absolute Gasteiger partial charge is 0.310 e. The third kappa shape index (κ3) is 3.21. The van der Waals surface area contributed by atoms with E-state index in [1.807, 2.05) is 0 Å². The maximum atomic E-state index is 12.1. The molecule has 1 aliphatic rings. The van der Waals surface area contributed by atoms with Gasteiger partial charge in [0.05, 0.1) is 10.3 Å². The predicted molar refractivity (Wildman–Crippen MR) is 77.9 cm³/mol. The van der Waals surface area contributed by atoms with Gasteiger partial charge >= 0.3 is 5.97 Å². The molecule has 2 N–H and O–H groups in total. The first-order valence-corrected chi connectivity index (χ1v) is 8.62. The molecular formula is C13H16BrNO4S. The van der Waals surface area contributed by atoms with Crippen molar-refractivity contribution in [2.24, 2.45) is 5.41 Å². The molecule has 0 unspecified atom stereocenters. The van der Waals surface area contributed by atoms with Crippen LogP contribution in [0, 0.1) is 5.41 Å². The van der Waals surface area contributed by atoms with Crippen molar-refractivity contribution in [1.82, 2.24) is 4.72 Å². The second kappa shape index (κ2) is 5.83. The second-order valence-corrected chi connectivity index (χ2v) is 7.75. The van der Waals surface area contributed by atoms with Gasteiger partial charge in [0, 0.05) is 11.0 Å². The molecular weight excluding hydrogens is 346 g/mol. The third-order valence-corrected chi connectivity index (χ3v) is 5.68. The highest BCUT2D eigenvalue weighted by molar-refractivity contribution is 9.10. The number of carboxylic acids is 1. The summed E-state index contributed by atoms with van der Waals surface area (Å²) >= 11 is 3.24. The summed E-state index contributed by atoms with van der Waals surface area (Å²) in [6.45, 7) is -0.0548. The Labute approximate surface area is 126 Å². The summed E-state index contributed by atoms with van der Waals surface area (Å²) in [6.07, 6.45) is 2.69. The number of aliphatic carboxylic acids is 1. The molecule has 0 spiro atoms. The average Bonchev–Trinajstić information content (AvgIpc) is 2.87. The summed E-state index contributed by atoms with van der Waals surface area (Å²) in [5.41, 5.74) is -0.956. The number of carbonyl (C=O) groups is 1. The maximum absolute atomic E-state index is 12.1. The van der Waals surface area contributed by atoms with Crippen LogP contribution in [0.25, 0.3) is 0 Å². The molecule has 0 radical (unpaired) electrons. The molecule has 0 atom stereocenters. The Morgan fingerprint density at radius 1 is 1.25 bits per heavy atom. The van der Waals surface area contributed by atoms with Crippen LogP contribution in [0.15, 0.2) is 33.6 Å². The van der Waals surface area contributed by atoms with E-state index < -0.39 is 21.4 Å². The van der Waals surface area contributed by atoms with Crippen LogP contribution < -0.4 is 4.72 Å². The first kappa shape index (κ1) is 15.5. The standard InChI is InChI=1S/C13H16BrNO4S/c14-10-3-5-11(6-4-10)20(18,19)15-9-13(12(16)17)7-1-2-8-13/h3-6,15H,1-2,7-9H2,(H,16,17). The minimum absolute atomic E-state index is 0.0548. The monoisotopic (exact) mass is 361 g/mol. The van der Waals surface area contributed by atoms with Crippen LogP contribution in [0.4, 0.5) is 0 Å². The van der Waals surface area contributed by atoms with E-state index in [2.05, 4.69) is 20.7 Å². The lowest BCUT2D eigenvalue weighted by molar-refractivity contribution is -0.148. The highest BCUT2D eigenvalue weighted by atomic mass is 79.9. The SMILES string of the molecule is O=C(O)C1(CNS(=O)(=O)c2ccc(Br)cc2)CCCC1. The molecule has 2 rings (SSSR count). The molecule has 1 aromatic rings. The zero-order valence-electron chi connectivity index (χ0n) is 10.8. The highest BCUT2D eigenvalue weighted by Crippen LogP contribution is 2.38. The number of hydrogen-bond acceptors (Lipinski definition) is 3. The number of halogens is 1. The topological polar surface area (TPSA) is 83.5 Å². The Morgan fingerprint density at radius 3 is 2.30 bits per heavy atom. The van der Waals surface area contributed by atoms with Gasteiger partial charge in [-0.3, -0.25) is 4.79 Å². The second-order valence-electron chi connectivity index (χ2n) is 5.07. The summed E-state index contributed by atoms with van der Waals surface area (Å²) in [6, 6.07) is 6.23. The fraction of sp³-hybridized carbons (Fsp3) is 0.462. The van der Waals surface area contributed by atoms with Gasteiger partial charge in [0.15, 0.2) is 0 Å². The molecule has 0 heterocycles. The van der Waals surface area contributed by atoms with Crippen LogP contribution in [0.3, 0.4) is 0 Å². The fourth-order valence-corrected chi connectivity index (χ4v) is 3.84. The summed E-state index contributed by atoms with van der Waals surface area (Å²) < 4.78 is 27.5. The van der Waals surface area contributed by atoms with Crippen molar-refractivity contribution in [2.45, 2.75) is 30.6 Å². The quantitative estimate of drug-likeness (QED) is 0.843. The van der Waals surface area contributed by atoms with Crippen LogP contribution in [-0.2, 0) is 14.8 Å². The van der Waals surface area contributed by atoms with E-state index in [1.165, 1.54) is 12.1 Å². The van der Waals surface area contributed by atoms with Crippen molar-refractivity contribution in [3.05, 3.63) is 28.7 Å². The number of rotatable bonds is 5. The Kier molecular flexibility index (Phi) is 4.51. The Morgan fingerprint density at radius 2 is 1.80 bits per heavy atom. The average molecular weight is 362 g/mol. The number of benzene rings is 1. The van der Waals surface area contributed by atoms with Crippen molar-refractivity contribution in [2.75, 3.05) is 6.54 Å². The molecule has 0 amide bonds. The minimum Gasteiger partial charge on any atom is -0.481 e. The molecule has 1 fully saturated rings. The number of hydrogen-bond donors (Lipinski definition) is 2.